The minimum absolute atomic E-state index is 0.0457. The molecule has 4 heterocycles. The van der Waals surface area contributed by atoms with Gasteiger partial charge in [0.05, 0.1) is 6.61 Å². The number of benzene rings is 1. The van der Waals surface area contributed by atoms with Crippen molar-refractivity contribution in [2.24, 2.45) is 0 Å². The number of piperidine rings is 1. The van der Waals surface area contributed by atoms with Crippen molar-refractivity contribution in [1.82, 2.24) is 25.4 Å². The van der Waals surface area contributed by atoms with Crippen LogP contribution in [0.3, 0.4) is 0 Å². The number of urea groups is 1. The number of carbonyl (C=O) groups excluding carboxylic acids is 1. The number of amides is 2. The van der Waals surface area contributed by atoms with Crippen LogP contribution in [-0.2, 0) is 4.74 Å². The number of nitrogens with one attached hydrogen (secondary N) is 2. The van der Waals surface area contributed by atoms with Crippen molar-refractivity contribution in [3.05, 3.63) is 35.5 Å². The quantitative estimate of drug-likeness (QED) is 0.553. The lowest BCUT2D eigenvalue weighted by molar-refractivity contribution is 0.135. The third kappa shape index (κ3) is 4.32. The fourth-order valence-electron chi connectivity index (χ4n) is 4.97. The van der Waals surface area contributed by atoms with Crippen molar-refractivity contribution in [3.8, 4) is 10.6 Å². The summed E-state index contributed by atoms with van der Waals surface area (Å²) in [6.07, 6.45) is 5.92. The maximum Gasteiger partial charge on any atom is 0.323 e. The van der Waals surface area contributed by atoms with Crippen LogP contribution in [0.1, 0.15) is 30.7 Å². The van der Waals surface area contributed by atoms with Gasteiger partial charge in [0.25, 0.3) is 0 Å². The van der Waals surface area contributed by atoms with E-state index in [1.165, 1.54) is 0 Å². The van der Waals surface area contributed by atoms with Gasteiger partial charge in [-0.1, -0.05) is 23.5 Å². The first-order chi connectivity index (χ1) is 15.6. The number of ether oxygens (including phenoxy) is 1. The first-order valence-corrected chi connectivity index (χ1v) is 11.9. The predicted octanol–water partition coefficient (Wildman–Crippen LogP) is 3.83. The molecule has 32 heavy (non-hydrogen) atoms. The van der Waals surface area contributed by atoms with Crippen molar-refractivity contribution in [2.75, 3.05) is 25.6 Å². The number of fused-ring (bicyclic) bond motifs is 3. The molecular formula is C23H28N6O2S. The summed E-state index contributed by atoms with van der Waals surface area (Å²) in [6, 6.07) is 9.04. The van der Waals surface area contributed by atoms with Gasteiger partial charge in [-0.05, 0) is 50.1 Å². The molecular weight excluding hydrogens is 424 g/mol. The van der Waals surface area contributed by atoms with Crippen molar-refractivity contribution < 1.29 is 9.53 Å². The molecule has 1 unspecified atom stereocenters. The van der Waals surface area contributed by atoms with Gasteiger partial charge in [-0.2, -0.15) is 0 Å². The van der Waals surface area contributed by atoms with Crippen LogP contribution in [0.4, 0.5) is 10.6 Å². The highest BCUT2D eigenvalue weighted by Gasteiger charge is 2.43. The molecule has 1 aromatic carbocycles. The third-order valence-electron chi connectivity index (χ3n) is 6.44. The van der Waals surface area contributed by atoms with E-state index in [0.29, 0.717) is 18.5 Å². The second-order valence-corrected chi connectivity index (χ2v) is 9.78. The molecule has 5 rings (SSSR count). The highest BCUT2D eigenvalue weighted by Crippen LogP contribution is 2.36. The standard InChI is InChI=1S/C23H28N6O2S/c1-14-27-28-22(32-14)15-3-4-16-13-25-21(10-17(16)9-15)26-23(30)29-19-5-6-20(29)12-18(11-19)24-7-8-31-2/h3-4,9-10,13,18-20,24H,5-8,11-12H2,1-2H3,(H,25,26,30)/t18?,19-,20+. The van der Waals surface area contributed by atoms with Gasteiger partial charge in [-0.15, -0.1) is 10.2 Å². The van der Waals surface area contributed by atoms with Crippen molar-refractivity contribution in [1.29, 1.82) is 0 Å². The van der Waals surface area contributed by atoms with E-state index in [2.05, 4.69) is 31.9 Å². The number of hydrogen-bond donors (Lipinski definition) is 2. The molecule has 0 aliphatic carbocycles. The number of methoxy groups -OCH3 is 1. The summed E-state index contributed by atoms with van der Waals surface area (Å²) in [5.41, 5.74) is 1.02. The second kappa shape index (κ2) is 9.09. The smallest absolute Gasteiger partial charge is 0.323 e. The molecule has 2 N–H and O–H groups in total. The Morgan fingerprint density at radius 1 is 1.19 bits per heavy atom. The lowest BCUT2D eigenvalue weighted by Crippen LogP contribution is -2.53. The Bertz CT molecular complexity index is 1100. The first-order valence-electron chi connectivity index (χ1n) is 11.1. The molecule has 2 bridgehead atoms. The van der Waals surface area contributed by atoms with E-state index in [9.17, 15) is 4.79 Å². The van der Waals surface area contributed by atoms with Crippen LogP contribution in [0.2, 0.25) is 0 Å². The van der Waals surface area contributed by atoms with E-state index in [4.69, 9.17) is 4.74 Å². The van der Waals surface area contributed by atoms with E-state index < -0.39 is 0 Å². The number of aromatic nitrogens is 3. The largest absolute Gasteiger partial charge is 0.383 e. The molecule has 9 heteroatoms. The molecule has 3 aromatic rings. The average Bonchev–Trinajstić information content (AvgIpc) is 3.34. The second-order valence-electron chi connectivity index (χ2n) is 8.60. The Balaban J connectivity index is 1.28. The molecule has 2 aliphatic rings. The Kier molecular flexibility index (Phi) is 6.03. The monoisotopic (exact) mass is 452 g/mol. The van der Waals surface area contributed by atoms with Crippen molar-refractivity contribution in [3.63, 3.8) is 0 Å². The Morgan fingerprint density at radius 3 is 2.72 bits per heavy atom. The summed E-state index contributed by atoms with van der Waals surface area (Å²) < 4.78 is 5.14. The summed E-state index contributed by atoms with van der Waals surface area (Å²) in [4.78, 5) is 19.7. The zero-order chi connectivity index (χ0) is 22.1. The maximum absolute atomic E-state index is 13.1. The summed E-state index contributed by atoms with van der Waals surface area (Å²) in [5, 5.41) is 18.8. The van der Waals surface area contributed by atoms with E-state index in [0.717, 1.165) is 58.6 Å². The number of nitrogens with zero attached hydrogens (tertiary/aromatic N) is 4. The van der Waals surface area contributed by atoms with E-state index in [-0.39, 0.29) is 18.1 Å². The number of carbonyl (C=O) groups is 1. The number of anilines is 1. The molecule has 3 atom stereocenters. The predicted molar refractivity (Wildman–Crippen MR) is 126 cm³/mol. The minimum Gasteiger partial charge on any atom is -0.383 e. The number of rotatable bonds is 6. The lowest BCUT2D eigenvalue weighted by Gasteiger charge is -2.39. The lowest BCUT2D eigenvalue weighted by atomic mass is 9.97. The molecule has 168 valence electrons. The highest BCUT2D eigenvalue weighted by molar-refractivity contribution is 7.14. The van der Waals surface area contributed by atoms with E-state index in [1.807, 2.05) is 30.0 Å². The van der Waals surface area contributed by atoms with E-state index in [1.54, 1.807) is 24.6 Å². The number of pyridine rings is 1. The van der Waals surface area contributed by atoms with Gasteiger partial charge in [-0.25, -0.2) is 9.78 Å². The van der Waals surface area contributed by atoms with Crippen LogP contribution in [0.25, 0.3) is 21.3 Å². The molecule has 0 radical (unpaired) electrons. The first kappa shape index (κ1) is 21.2. The van der Waals surface area contributed by atoms with Gasteiger partial charge in [0.1, 0.15) is 15.8 Å². The summed E-state index contributed by atoms with van der Waals surface area (Å²) in [6.45, 7) is 3.52. The van der Waals surface area contributed by atoms with Gasteiger partial charge in [-0.3, -0.25) is 5.32 Å². The van der Waals surface area contributed by atoms with Gasteiger partial charge < -0.3 is 15.0 Å². The van der Waals surface area contributed by atoms with Crippen molar-refractivity contribution in [2.45, 2.75) is 50.7 Å². The van der Waals surface area contributed by atoms with Gasteiger partial charge >= 0.3 is 6.03 Å². The summed E-state index contributed by atoms with van der Waals surface area (Å²) in [7, 11) is 1.72. The fraction of sp³-hybridized carbons (Fsp3) is 0.478. The van der Waals surface area contributed by atoms with Gasteiger partial charge in [0.2, 0.25) is 0 Å². The zero-order valence-electron chi connectivity index (χ0n) is 18.4. The topological polar surface area (TPSA) is 92.3 Å². The molecule has 8 nitrogen and oxygen atoms in total. The average molecular weight is 453 g/mol. The maximum atomic E-state index is 13.1. The molecule has 2 aliphatic heterocycles. The molecule has 2 saturated heterocycles. The van der Waals surface area contributed by atoms with Gasteiger partial charge in [0.15, 0.2) is 0 Å². The van der Waals surface area contributed by atoms with Crippen LogP contribution >= 0.6 is 11.3 Å². The van der Waals surface area contributed by atoms with E-state index >= 15 is 0 Å². The minimum atomic E-state index is -0.0457. The highest BCUT2D eigenvalue weighted by atomic mass is 32.1. The fourth-order valence-corrected chi connectivity index (χ4v) is 5.66. The molecule has 0 saturated carbocycles. The third-order valence-corrected chi connectivity index (χ3v) is 7.32. The van der Waals surface area contributed by atoms with Crippen LogP contribution < -0.4 is 10.6 Å². The number of hydrogen-bond acceptors (Lipinski definition) is 7. The normalized spacial score (nSPS) is 22.4. The molecule has 2 aromatic heterocycles. The summed E-state index contributed by atoms with van der Waals surface area (Å²) >= 11 is 1.57. The molecule has 2 amide bonds. The Morgan fingerprint density at radius 2 is 2.00 bits per heavy atom. The Hall–Kier alpha value is -2.62. The Labute approximate surface area is 191 Å². The van der Waals surface area contributed by atoms with Crippen LogP contribution in [0.5, 0.6) is 0 Å². The SMILES string of the molecule is COCCNC1C[C@H]2CC[C@@H](C1)N2C(=O)Nc1cc2cc(-c3nnc(C)s3)ccc2cn1. The van der Waals surface area contributed by atoms with Gasteiger partial charge in [0, 0.05) is 48.9 Å². The molecule has 2 fully saturated rings. The van der Waals surface area contributed by atoms with Crippen LogP contribution in [-0.4, -0.2) is 64.5 Å². The van der Waals surface area contributed by atoms with Crippen LogP contribution in [0.15, 0.2) is 30.5 Å². The van der Waals surface area contributed by atoms with Crippen LogP contribution in [0, 0.1) is 6.92 Å². The zero-order valence-corrected chi connectivity index (χ0v) is 19.2. The molecule has 0 spiro atoms. The number of aryl methyl sites for hydroxylation is 1. The summed E-state index contributed by atoms with van der Waals surface area (Å²) in [5.74, 6) is 0.577. The van der Waals surface area contributed by atoms with Crippen molar-refractivity contribution >= 4 is 34.0 Å².